The number of hydrogen-bond donors (Lipinski definition) is 0. The number of aromatic nitrogens is 2. The van der Waals surface area contributed by atoms with E-state index in [-0.39, 0.29) is 6.79 Å². The highest BCUT2D eigenvalue weighted by molar-refractivity contribution is 5.76. The molecule has 3 rings (SSSR count). The van der Waals surface area contributed by atoms with Crippen LogP contribution >= 0.6 is 0 Å². The van der Waals surface area contributed by atoms with Crippen LogP contribution in [0.5, 0.6) is 23.0 Å². The highest BCUT2D eigenvalue weighted by Gasteiger charge is 2.18. The Morgan fingerprint density at radius 3 is 1.97 bits per heavy atom. The number of benzene rings is 2. The molecule has 0 amide bonds. The van der Waals surface area contributed by atoms with Crippen LogP contribution in [0.4, 0.5) is 5.95 Å². The maximum atomic E-state index is 5.67. The van der Waals surface area contributed by atoms with Gasteiger partial charge in [-0.25, -0.2) is 9.97 Å². The zero-order chi connectivity index (χ0) is 25.9. The summed E-state index contributed by atoms with van der Waals surface area (Å²) in [5, 5.41) is 0. The van der Waals surface area contributed by atoms with E-state index in [1.807, 2.05) is 36.4 Å². The van der Waals surface area contributed by atoms with Crippen LogP contribution in [0.15, 0.2) is 42.5 Å². The fraction of sp³-hybridized carbons (Fsp3) is 0.407. The highest BCUT2D eigenvalue weighted by Crippen LogP contribution is 2.40. The van der Waals surface area contributed by atoms with E-state index in [1.54, 1.807) is 34.5 Å². The van der Waals surface area contributed by atoms with Gasteiger partial charge >= 0.3 is 0 Å². The third-order valence-corrected chi connectivity index (χ3v) is 5.63. The molecule has 3 aromatic rings. The third kappa shape index (κ3) is 6.56. The molecule has 0 atom stereocenters. The SMILES string of the molecule is CCN(CC)c1nc(-c2ccc(OCOCCOC)cc2)cc(-c2cc(OC)c(OC)cc2OC)n1. The van der Waals surface area contributed by atoms with Gasteiger partial charge in [0.15, 0.2) is 18.3 Å². The van der Waals surface area contributed by atoms with Gasteiger partial charge in [-0.15, -0.1) is 0 Å². The molecule has 9 heteroatoms. The molecule has 0 aliphatic heterocycles. The van der Waals surface area contributed by atoms with Crippen LogP contribution < -0.4 is 23.8 Å². The molecule has 9 nitrogen and oxygen atoms in total. The van der Waals surface area contributed by atoms with Crippen molar-refractivity contribution in [3.63, 3.8) is 0 Å². The van der Waals surface area contributed by atoms with Crippen LogP contribution in [0, 0.1) is 0 Å². The summed E-state index contributed by atoms with van der Waals surface area (Å²) in [5.41, 5.74) is 3.20. The van der Waals surface area contributed by atoms with Crippen molar-refractivity contribution in [2.75, 3.05) is 66.4 Å². The molecule has 2 aromatic carbocycles. The second kappa shape index (κ2) is 13.5. The Morgan fingerprint density at radius 2 is 1.36 bits per heavy atom. The molecule has 0 spiro atoms. The summed E-state index contributed by atoms with van der Waals surface area (Å²) in [5.74, 6) is 3.14. The Balaban J connectivity index is 2.00. The second-order valence-electron chi connectivity index (χ2n) is 7.71. The Morgan fingerprint density at radius 1 is 0.722 bits per heavy atom. The highest BCUT2D eigenvalue weighted by atomic mass is 16.7. The molecular formula is C27H35N3O6. The van der Waals surface area contributed by atoms with Crippen molar-refractivity contribution in [1.29, 1.82) is 0 Å². The normalized spacial score (nSPS) is 10.7. The average Bonchev–Trinajstić information content (AvgIpc) is 2.93. The summed E-state index contributed by atoms with van der Waals surface area (Å²) < 4.78 is 32.6. The van der Waals surface area contributed by atoms with Crippen molar-refractivity contribution in [2.24, 2.45) is 0 Å². The minimum Gasteiger partial charge on any atom is -0.496 e. The van der Waals surface area contributed by atoms with E-state index in [4.69, 9.17) is 38.4 Å². The van der Waals surface area contributed by atoms with Gasteiger partial charge in [0, 0.05) is 37.4 Å². The lowest BCUT2D eigenvalue weighted by molar-refractivity contribution is -0.00846. The lowest BCUT2D eigenvalue weighted by Crippen LogP contribution is -2.24. The van der Waals surface area contributed by atoms with Crippen LogP contribution in [0.3, 0.4) is 0 Å². The van der Waals surface area contributed by atoms with Gasteiger partial charge in [0.1, 0.15) is 11.5 Å². The number of methoxy groups -OCH3 is 4. The van der Waals surface area contributed by atoms with Gasteiger partial charge in [-0.3, -0.25) is 0 Å². The van der Waals surface area contributed by atoms with Crippen molar-refractivity contribution in [3.8, 4) is 45.5 Å². The van der Waals surface area contributed by atoms with Crippen LogP contribution in [-0.4, -0.2) is 71.5 Å². The zero-order valence-corrected chi connectivity index (χ0v) is 21.9. The van der Waals surface area contributed by atoms with E-state index in [1.165, 1.54) is 0 Å². The van der Waals surface area contributed by atoms with Crippen LogP contribution in [0.2, 0.25) is 0 Å². The van der Waals surface area contributed by atoms with Crippen molar-refractivity contribution in [2.45, 2.75) is 13.8 Å². The minimum atomic E-state index is 0.158. The fourth-order valence-electron chi connectivity index (χ4n) is 3.63. The number of rotatable bonds is 14. The molecular weight excluding hydrogens is 462 g/mol. The molecule has 36 heavy (non-hydrogen) atoms. The first-order valence-electron chi connectivity index (χ1n) is 11.8. The van der Waals surface area contributed by atoms with Crippen molar-refractivity contribution in [3.05, 3.63) is 42.5 Å². The molecule has 0 bridgehead atoms. The average molecular weight is 498 g/mol. The first-order valence-corrected chi connectivity index (χ1v) is 11.8. The second-order valence-corrected chi connectivity index (χ2v) is 7.71. The lowest BCUT2D eigenvalue weighted by atomic mass is 10.1. The lowest BCUT2D eigenvalue weighted by Gasteiger charge is -2.21. The van der Waals surface area contributed by atoms with Crippen LogP contribution in [0.1, 0.15) is 13.8 Å². The van der Waals surface area contributed by atoms with Crippen molar-refractivity contribution in [1.82, 2.24) is 9.97 Å². The van der Waals surface area contributed by atoms with Gasteiger partial charge < -0.3 is 33.3 Å². The smallest absolute Gasteiger partial charge is 0.226 e. The van der Waals surface area contributed by atoms with Gasteiger partial charge in [-0.2, -0.15) is 0 Å². The Labute approximate surface area is 212 Å². The van der Waals surface area contributed by atoms with E-state index in [0.717, 1.165) is 29.9 Å². The summed E-state index contributed by atoms with van der Waals surface area (Å²) in [6.45, 7) is 6.88. The molecule has 0 aliphatic rings. The van der Waals surface area contributed by atoms with Crippen molar-refractivity contribution >= 4 is 5.95 Å². The third-order valence-electron chi connectivity index (χ3n) is 5.63. The first kappa shape index (κ1) is 27.0. The molecule has 194 valence electrons. The Hall–Kier alpha value is -3.56. The van der Waals surface area contributed by atoms with Gasteiger partial charge in [0.25, 0.3) is 0 Å². The summed E-state index contributed by atoms with van der Waals surface area (Å²) in [4.78, 5) is 11.9. The molecule has 0 fully saturated rings. The summed E-state index contributed by atoms with van der Waals surface area (Å²) in [6, 6.07) is 13.3. The largest absolute Gasteiger partial charge is 0.496 e. The molecule has 0 unspecified atom stereocenters. The topological polar surface area (TPSA) is 84.4 Å². The van der Waals surface area contributed by atoms with Gasteiger partial charge in [0.2, 0.25) is 5.95 Å². The molecule has 1 heterocycles. The van der Waals surface area contributed by atoms with E-state index < -0.39 is 0 Å². The summed E-state index contributed by atoms with van der Waals surface area (Å²) >= 11 is 0. The summed E-state index contributed by atoms with van der Waals surface area (Å²) in [6.07, 6.45) is 0. The molecule has 0 radical (unpaired) electrons. The van der Waals surface area contributed by atoms with E-state index in [9.17, 15) is 0 Å². The van der Waals surface area contributed by atoms with E-state index >= 15 is 0 Å². The quantitative estimate of drug-likeness (QED) is 0.233. The van der Waals surface area contributed by atoms with Gasteiger partial charge in [0.05, 0.1) is 45.9 Å². The Bertz CT molecular complexity index is 1100. The fourth-order valence-corrected chi connectivity index (χ4v) is 3.63. The molecule has 1 aromatic heterocycles. The maximum absolute atomic E-state index is 5.67. The Kier molecular flexibility index (Phi) is 10.1. The van der Waals surface area contributed by atoms with Crippen molar-refractivity contribution < 1.29 is 28.4 Å². The van der Waals surface area contributed by atoms with Gasteiger partial charge in [-0.1, -0.05) is 0 Å². The number of hydrogen-bond acceptors (Lipinski definition) is 9. The summed E-state index contributed by atoms with van der Waals surface area (Å²) in [7, 11) is 6.45. The maximum Gasteiger partial charge on any atom is 0.226 e. The van der Waals surface area contributed by atoms with E-state index in [2.05, 4.69) is 18.7 Å². The van der Waals surface area contributed by atoms with Crippen LogP contribution in [-0.2, 0) is 9.47 Å². The van der Waals surface area contributed by atoms with Crippen LogP contribution in [0.25, 0.3) is 22.5 Å². The number of nitrogens with zero attached hydrogens (tertiary/aromatic N) is 3. The van der Waals surface area contributed by atoms with Gasteiger partial charge in [-0.05, 0) is 50.2 Å². The first-order chi connectivity index (χ1) is 17.6. The number of ether oxygens (including phenoxy) is 6. The zero-order valence-electron chi connectivity index (χ0n) is 21.9. The molecule has 0 aliphatic carbocycles. The predicted molar refractivity (Wildman–Crippen MR) is 139 cm³/mol. The predicted octanol–water partition coefficient (Wildman–Crippen LogP) is 4.68. The number of anilines is 1. The monoisotopic (exact) mass is 497 g/mol. The van der Waals surface area contributed by atoms with E-state index in [0.29, 0.717) is 47.9 Å². The molecule has 0 saturated heterocycles. The molecule has 0 N–H and O–H groups in total. The standard InChI is InChI=1S/C27H35N3O6/c1-7-30(8-2)27-28-22(19-9-11-20(12-10-19)36-18-35-14-13-31-3)16-23(29-27)21-15-25(33-5)26(34-6)17-24(21)32-4/h9-12,15-17H,7-8,13-14,18H2,1-6H3. The minimum absolute atomic E-state index is 0.158. The molecule has 0 saturated carbocycles.